The fourth-order valence-corrected chi connectivity index (χ4v) is 3.34. The Morgan fingerprint density at radius 3 is 2.60 bits per heavy atom. The number of rotatable bonds is 4. The van der Waals surface area contributed by atoms with E-state index in [-0.39, 0.29) is 6.79 Å². The largest absolute Gasteiger partial charge is 0.480 e. The average molecular weight is 341 g/mol. The van der Waals surface area contributed by atoms with Crippen LogP contribution in [0.5, 0.6) is 11.5 Å². The quantitative estimate of drug-likeness (QED) is 0.908. The Balaban J connectivity index is 1.50. The lowest BCUT2D eigenvalue weighted by molar-refractivity contribution is -0.143. The summed E-state index contributed by atoms with van der Waals surface area (Å²) in [5.41, 5.74) is 0.711. The van der Waals surface area contributed by atoms with E-state index in [2.05, 4.69) is 9.88 Å². The van der Waals surface area contributed by atoms with Gasteiger partial charge in [0.2, 0.25) is 6.79 Å². The molecule has 0 bridgehead atoms. The van der Waals surface area contributed by atoms with Crippen molar-refractivity contribution in [3.05, 3.63) is 48.2 Å². The molecular weight excluding hydrogens is 322 g/mol. The van der Waals surface area contributed by atoms with Crippen LogP contribution < -0.4 is 14.4 Å². The number of hydrogen-bond donors (Lipinski definition) is 1. The number of piperazine rings is 1. The summed E-state index contributed by atoms with van der Waals surface area (Å²) in [6, 6.07) is 10.5. The Kier molecular flexibility index (Phi) is 4.15. The van der Waals surface area contributed by atoms with E-state index in [1.54, 1.807) is 24.4 Å². The smallest absolute Gasteiger partial charge is 0.325 e. The molecule has 130 valence electrons. The normalized spacial score (nSPS) is 18.2. The van der Waals surface area contributed by atoms with Crippen LogP contribution in [-0.4, -0.2) is 53.9 Å². The van der Waals surface area contributed by atoms with Gasteiger partial charge in [-0.05, 0) is 29.8 Å². The molecule has 7 nitrogen and oxygen atoms in total. The van der Waals surface area contributed by atoms with Gasteiger partial charge in [-0.25, -0.2) is 4.98 Å². The van der Waals surface area contributed by atoms with E-state index in [1.165, 1.54) is 0 Å². The van der Waals surface area contributed by atoms with Crippen molar-refractivity contribution < 1.29 is 19.4 Å². The predicted octanol–water partition coefficient (Wildman–Crippen LogP) is 1.76. The Morgan fingerprint density at radius 2 is 1.88 bits per heavy atom. The summed E-state index contributed by atoms with van der Waals surface area (Å²) in [5, 5.41) is 9.77. The van der Waals surface area contributed by atoms with E-state index in [4.69, 9.17) is 9.47 Å². The number of carboxylic acids is 1. The van der Waals surface area contributed by atoms with Crippen LogP contribution >= 0.6 is 0 Å². The first-order valence-electron chi connectivity index (χ1n) is 8.25. The highest BCUT2D eigenvalue weighted by atomic mass is 16.7. The molecule has 1 aromatic carbocycles. The third-order valence-electron chi connectivity index (χ3n) is 4.60. The maximum absolute atomic E-state index is 11.9. The fourth-order valence-electron chi connectivity index (χ4n) is 3.34. The number of aromatic nitrogens is 1. The molecule has 2 aliphatic heterocycles. The molecule has 7 heteroatoms. The molecule has 0 unspecified atom stereocenters. The van der Waals surface area contributed by atoms with E-state index in [9.17, 15) is 9.90 Å². The first-order chi connectivity index (χ1) is 12.2. The van der Waals surface area contributed by atoms with Gasteiger partial charge in [-0.1, -0.05) is 12.1 Å². The van der Waals surface area contributed by atoms with Gasteiger partial charge in [-0.15, -0.1) is 0 Å². The molecule has 0 radical (unpaired) electrons. The number of anilines is 1. The molecule has 1 saturated heterocycles. The third-order valence-corrected chi connectivity index (χ3v) is 4.60. The molecule has 1 fully saturated rings. The standard InChI is InChI=1S/C18H19N3O4/c22-18(23)17(13-4-5-14-15(11-13)25-12-24-14)21-9-7-20(8-10-21)16-3-1-2-6-19-16/h1-6,11,17H,7-10,12H2,(H,22,23)/t17-/m0/s1. The number of pyridine rings is 1. The van der Waals surface area contributed by atoms with Gasteiger partial charge in [0.1, 0.15) is 11.9 Å². The molecule has 1 atom stereocenters. The molecule has 0 spiro atoms. The van der Waals surface area contributed by atoms with Gasteiger partial charge in [0, 0.05) is 32.4 Å². The first kappa shape index (κ1) is 15.7. The number of ether oxygens (including phenoxy) is 2. The average Bonchev–Trinajstić information content (AvgIpc) is 3.11. The fraction of sp³-hybridized carbons (Fsp3) is 0.333. The zero-order valence-corrected chi connectivity index (χ0v) is 13.7. The van der Waals surface area contributed by atoms with Crippen LogP contribution in [0.1, 0.15) is 11.6 Å². The van der Waals surface area contributed by atoms with Gasteiger partial charge in [0.25, 0.3) is 0 Å². The summed E-state index contributed by atoms with van der Waals surface area (Å²) >= 11 is 0. The summed E-state index contributed by atoms with van der Waals surface area (Å²) in [7, 11) is 0. The Labute approximate surface area is 145 Å². The van der Waals surface area contributed by atoms with Crippen molar-refractivity contribution >= 4 is 11.8 Å². The minimum absolute atomic E-state index is 0.180. The highest BCUT2D eigenvalue weighted by molar-refractivity contribution is 5.76. The number of fused-ring (bicyclic) bond motifs is 1. The van der Waals surface area contributed by atoms with Crippen LogP contribution in [0.2, 0.25) is 0 Å². The highest BCUT2D eigenvalue weighted by Crippen LogP contribution is 2.35. The van der Waals surface area contributed by atoms with Crippen LogP contribution in [0.15, 0.2) is 42.6 Å². The molecule has 2 aromatic rings. The van der Waals surface area contributed by atoms with Crippen LogP contribution in [0, 0.1) is 0 Å². The summed E-state index contributed by atoms with van der Waals surface area (Å²) < 4.78 is 10.7. The molecule has 3 heterocycles. The number of hydrogen-bond acceptors (Lipinski definition) is 6. The molecule has 0 saturated carbocycles. The molecule has 0 amide bonds. The molecular formula is C18H19N3O4. The summed E-state index contributed by atoms with van der Waals surface area (Å²) in [6.07, 6.45) is 1.77. The second-order valence-electron chi connectivity index (χ2n) is 6.06. The Morgan fingerprint density at radius 1 is 1.08 bits per heavy atom. The van der Waals surface area contributed by atoms with E-state index in [1.807, 2.05) is 23.1 Å². The van der Waals surface area contributed by atoms with Crippen molar-refractivity contribution in [2.75, 3.05) is 37.9 Å². The van der Waals surface area contributed by atoms with Crippen molar-refractivity contribution in [3.63, 3.8) is 0 Å². The van der Waals surface area contributed by atoms with E-state index < -0.39 is 12.0 Å². The topological polar surface area (TPSA) is 75.1 Å². The van der Waals surface area contributed by atoms with Crippen LogP contribution in [0.3, 0.4) is 0 Å². The lowest BCUT2D eigenvalue weighted by atomic mass is 10.0. The molecule has 25 heavy (non-hydrogen) atoms. The SMILES string of the molecule is O=C(O)[C@H](c1ccc2c(c1)OCO2)N1CCN(c2ccccn2)CC1. The van der Waals surface area contributed by atoms with Gasteiger partial charge < -0.3 is 19.5 Å². The molecule has 0 aliphatic carbocycles. The van der Waals surface area contributed by atoms with Crippen LogP contribution in [-0.2, 0) is 4.79 Å². The minimum Gasteiger partial charge on any atom is -0.480 e. The van der Waals surface area contributed by atoms with Crippen molar-refractivity contribution in [1.29, 1.82) is 0 Å². The first-order valence-corrected chi connectivity index (χ1v) is 8.25. The number of aliphatic carboxylic acids is 1. The highest BCUT2D eigenvalue weighted by Gasteiger charge is 2.31. The second-order valence-corrected chi connectivity index (χ2v) is 6.06. The van der Waals surface area contributed by atoms with Crippen LogP contribution in [0.25, 0.3) is 0 Å². The van der Waals surface area contributed by atoms with E-state index in [0.717, 1.165) is 18.9 Å². The molecule has 2 aliphatic rings. The monoisotopic (exact) mass is 341 g/mol. The van der Waals surface area contributed by atoms with Gasteiger partial charge in [0.15, 0.2) is 11.5 Å². The van der Waals surface area contributed by atoms with E-state index in [0.29, 0.717) is 30.2 Å². The zero-order valence-electron chi connectivity index (χ0n) is 13.7. The molecule has 1 N–H and O–H groups in total. The molecule has 4 rings (SSSR count). The minimum atomic E-state index is -0.856. The number of carbonyl (C=O) groups is 1. The maximum Gasteiger partial charge on any atom is 0.325 e. The lowest BCUT2D eigenvalue weighted by Gasteiger charge is -2.38. The predicted molar refractivity (Wildman–Crippen MR) is 91.0 cm³/mol. The van der Waals surface area contributed by atoms with Crippen molar-refractivity contribution in [2.24, 2.45) is 0 Å². The maximum atomic E-state index is 11.9. The van der Waals surface area contributed by atoms with E-state index >= 15 is 0 Å². The zero-order chi connectivity index (χ0) is 17.2. The van der Waals surface area contributed by atoms with Crippen molar-refractivity contribution in [1.82, 2.24) is 9.88 Å². The van der Waals surface area contributed by atoms with Gasteiger partial charge in [-0.3, -0.25) is 9.69 Å². The van der Waals surface area contributed by atoms with Crippen molar-refractivity contribution in [3.8, 4) is 11.5 Å². The summed E-state index contributed by atoms with van der Waals surface area (Å²) in [4.78, 5) is 20.4. The van der Waals surface area contributed by atoms with Crippen LogP contribution in [0.4, 0.5) is 5.82 Å². The summed E-state index contributed by atoms with van der Waals surface area (Å²) in [6.45, 7) is 2.97. The molecule has 1 aromatic heterocycles. The number of carboxylic acid groups (broad SMARTS) is 1. The number of benzene rings is 1. The van der Waals surface area contributed by atoms with Gasteiger partial charge in [0.05, 0.1) is 0 Å². The van der Waals surface area contributed by atoms with Gasteiger partial charge in [-0.2, -0.15) is 0 Å². The second kappa shape index (κ2) is 6.60. The Hall–Kier alpha value is -2.80. The van der Waals surface area contributed by atoms with Gasteiger partial charge >= 0.3 is 5.97 Å². The van der Waals surface area contributed by atoms with Crippen molar-refractivity contribution in [2.45, 2.75) is 6.04 Å². The lowest BCUT2D eigenvalue weighted by Crippen LogP contribution is -2.49. The number of nitrogens with zero attached hydrogens (tertiary/aromatic N) is 3. The summed E-state index contributed by atoms with van der Waals surface area (Å²) in [5.74, 6) is 1.34. The third kappa shape index (κ3) is 3.10. The Bertz CT molecular complexity index is 760.